The molecule has 0 bridgehead atoms. The molecule has 0 atom stereocenters. The molecular weight excluding hydrogens is 216 g/mol. The second kappa shape index (κ2) is 5.21. The Labute approximate surface area is 103 Å². The van der Waals surface area contributed by atoms with Crippen molar-refractivity contribution >= 4 is 5.96 Å². The summed E-state index contributed by atoms with van der Waals surface area (Å²) in [5.41, 5.74) is 6.57. The van der Waals surface area contributed by atoms with Crippen LogP contribution in [0.3, 0.4) is 0 Å². The molecule has 17 heavy (non-hydrogen) atoms. The lowest BCUT2D eigenvalue weighted by Crippen LogP contribution is -2.44. The van der Waals surface area contributed by atoms with Crippen LogP contribution in [0.5, 0.6) is 0 Å². The highest BCUT2D eigenvalue weighted by atomic mass is 16.4. The van der Waals surface area contributed by atoms with Gasteiger partial charge in [0.05, 0.1) is 5.69 Å². The fraction of sp³-hybridized carbons (Fsp3) is 0.667. The van der Waals surface area contributed by atoms with E-state index in [-0.39, 0.29) is 5.54 Å². The molecule has 1 heterocycles. The molecule has 0 saturated carbocycles. The molecular formula is C12H22N4O. The van der Waals surface area contributed by atoms with Gasteiger partial charge in [-0.15, -0.1) is 0 Å². The number of aliphatic imine (C=N–C) groups is 1. The SMILES string of the molecule is CCc1nc(C)c(CN=C(N)NC(C)(C)C)o1. The number of hydrogen-bond donors (Lipinski definition) is 2. The Balaban J connectivity index is 2.65. The Morgan fingerprint density at radius 3 is 2.59 bits per heavy atom. The van der Waals surface area contributed by atoms with E-state index in [1.807, 2.05) is 34.6 Å². The smallest absolute Gasteiger partial charge is 0.194 e. The predicted molar refractivity (Wildman–Crippen MR) is 68.8 cm³/mol. The van der Waals surface area contributed by atoms with Gasteiger partial charge in [0.1, 0.15) is 12.3 Å². The first-order valence-electron chi connectivity index (χ1n) is 5.85. The highest BCUT2D eigenvalue weighted by Crippen LogP contribution is 2.11. The van der Waals surface area contributed by atoms with Gasteiger partial charge in [-0.05, 0) is 27.7 Å². The van der Waals surface area contributed by atoms with Crippen LogP contribution in [0, 0.1) is 6.92 Å². The van der Waals surface area contributed by atoms with Crippen molar-refractivity contribution in [3.8, 4) is 0 Å². The first-order valence-corrected chi connectivity index (χ1v) is 5.85. The van der Waals surface area contributed by atoms with Crippen molar-refractivity contribution in [3.63, 3.8) is 0 Å². The van der Waals surface area contributed by atoms with E-state index in [0.717, 1.165) is 23.8 Å². The molecule has 0 aliphatic rings. The van der Waals surface area contributed by atoms with Crippen molar-refractivity contribution in [2.24, 2.45) is 10.7 Å². The molecule has 0 spiro atoms. The second-order valence-corrected chi connectivity index (χ2v) is 5.05. The van der Waals surface area contributed by atoms with Crippen molar-refractivity contribution in [3.05, 3.63) is 17.3 Å². The zero-order valence-electron chi connectivity index (χ0n) is 11.3. The fourth-order valence-corrected chi connectivity index (χ4v) is 1.37. The van der Waals surface area contributed by atoms with Gasteiger partial charge in [-0.1, -0.05) is 6.92 Å². The van der Waals surface area contributed by atoms with Crippen LogP contribution in [-0.4, -0.2) is 16.5 Å². The number of rotatable bonds is 3. The number of aromatic nitrogens is 1. The number of nitrogens with two attached hydrogens (primary N) is 1. The van der Waals surface area contributed by atoms with Crippen molar-refractivity contribution in [2.75, 3.05) is 0 Å². The van der Waals surface area contributed by atoms with Gasteiger partial charge < -0.3 is 15.5 Å². The van der Waals surface area contributed by atoms with Gasteiger partial charge in [0.2, 0.25) is 0 Å². The fourth-order valence-electron chi connectivity index (χ4n) is 1.37. The van der Waals surface area contributed by atoms with E-state index in [1.165, 1.54) is 0 Å². The molecule has 0 unspecified atom stereocenters. The lowest BCUT2D eigenvalue weighted by molar-refractivity contribution is 0.459. The third-order valence-electron chi connectivity index (χ3n) is 2.14. The summed E-state index contributed by atoms with van der Waals surface area (Å²) < 4.78 is 5.54. The highest BCUT2D eigenvalue weighted by Gasteiger charge is 2.11. The van der Waals surface area contributed by atoms with Gasteiger partial charge in [0.25, 0.3) is 0 Å². The lowest BCUT2D eigenvalue weighted by atomic mass is 10.1. The van der Waals surface area contributed by atoms with Crippen molar-refractivity contribution in [2.45, 2.75) is 53.1 Å². The Morgan fingerprint density at radius 1 is 1.47 bits per heavy atom. The maximum atomic E-state index is 5.77. The first kappa shape index (κ1) is 13.5. The van der Waals surface area contributed by atoms with E-state index in [9.17, 15) is 0 Å². The van der Waals surface area contributed by atoms with Gasteiger partial charge in [0.15, 0.2) is 11.9 Å². The Kier molecular flexibility index (Phi) is 4.15. The Hall–Kier alpha value is -1.52. The molecule has 0 aliphatic heterocycles. The third-order valence-corrected chi connectivity index (χ3v) is 2.14. The van der Waals surface area contributed by atoms with E-state index in [2.05, 4.69) is 15.3 Å². The van der Waals surface area contributed by atoms with E-state index in [0.29, 0.717) is 12.5 Å². The lowest BCUT2D eigenvalue weighted by Gasteiger charge is -2.20. The molecule has 0 aliphatic carbocycles. The molecule has 5 nitrogen and oxygen atoms in total. The first-order chi connectivity index (χ1) is 7.81. The maximum absolute atomic E-state index is 5.77. The zero-order chi connectivity index (χ0) is 13.1. The van der Waals surface area contributed by atoms with Crippen molar-refractivity contribution in [1.82, 2.24) is 10.3 Å². The maximum Gasteiger partial charge on any atom is 0.194 e. The van der Waals surface area contributed by atoms with Crippen LogP contribution in [-0.2, 0) is 13.0 Å². The van der Waals surface area contributed by atoms with Crippen LogP contribution in [0.15, 0.2) is 9.41 Å². The molecule has 1 rings (SSSR count). The highest BCUT2D eigenvalue weighted by molar-refractivity contribution is 5.78. The van der Waals surface area contributed by atoms with Crippen molar-refractivity contribution in [1.29, 1.82) is 0 Å². The van der Waals surface area contributed by atoms with Gasteiger partial charge in [-0.2, -0.15) is 0 Å². The minimum absolute atomic E-state index is 0.0847. The average Bonchev–Trinajstić information content (AvgIpc) is 2.54. The normalized spacial score (nSPS) is 12.9. The predicted octanol–water partition coefficient (Wildman–Crippen LogP) is 1.75. The number of oxazole rings is 1. The molecule has 5 heteroatoms. The quantitative estimate of drug-likeness (QED) is 0.621. The number of hydrogen-bond acceptors (Lipinski definition) is 3. The molecule has 0 fully saturated rings. The summed E-state index contributed by atoms with van der Waals surface area (Å²) in [5, 5.41) is 3.10. The molecule has 0 aromatic carbocycles. The Morgan fingerprint density at radius 2 is 2.12 bits per heavy atom. The Bertz CT molecular complexity index is 401. The van der Waals surface area contributed by atoms with Crippen LogP contribution in [0.4, 0.5) is 0 Å². The van der Waals surface area contributed by atoms with Crippen LogP contribution in [0.2, 0.25) is 0 Å². The minimum atomic E-state index is -0.0847. The molecule has 1 aromatic rings. The molecule has 0 saturated heterocycles. The molecule has 3 N–H and O–H groups in total. The number of nitrogens with zero attached hydrogens (tertiary/aromatic N) is 2. The number of aryl methyl sites for hydroxylation is 2. The second-order valence-electron chi connectivity index (χ2n) is 5.05. The van der Waals surface area contributed by atoms with Crippen LogP contribution in [0.1, 0.15) is 45.0 Å². The molecule has 0 radical (unpaired) electrons. The molecule has 96 valence electrons. The third kappa shape index (κ3) is 4.46. The summed E-state index contributed by atoms with van der Waals surface area (Å²) in [6.07, 6.45) is 0.792. The summed E-state index contributed by atoms with van der Waals surface area (Å²) in [7, 11) is 0. The topological polar surface area (TPSA) is 76.4 Å². The number of nitrogens with one attached hydrogen (secondary N) is 1. The van der Waals surface area contributed by atoms with E-state index < -0.39 is 0 Å². The van der Waals surface area contributed by atoms with E-state index >= 15 is 0 Å². The molecule has 0 amide bonds. The monoisotopic (exact) mass is 238 g/mol. The van der Waals surface area contributed by atoms with E-state index in [1.54, 1.807) is 0 Å². The largest absolute Gasteiger partial charge is 0.443 e. The summed E-state index contributed by atoms with van der Waals surface area (Å²) in [6.45, 7) is 10.4. The average molecular weight is 238 g/mol. The van der Waals surface area contributed by atoms with Crippen molar-refractivity contribution < 1.29 is 4.42 Å². The van der Waals surface area contributed by atoms with Gasteiger partial charge in [-0.25, -0.2) is 9.98 Å². The summed E-state index contributed by atoms with van der Waals surface area (Å²) >= 11 is 0. The summed E-state index contributed by atoms with van der Waals surface area (Å²) in [5.74, 6) is 1.95. The van der Waals surface area contributed by atoms with Gasteiger partial charge in [-0.3, -0.25) is 0 Å². The summed E-state index contributed by atoms with van der Waals surface area (Å²) in [6, 6.07) is 0. The van der Waals surface area contributed by atoms with E-state index in [4.69, 9.17) is 10.2 Å². The minimum Gasteiger partial charge on any atom is -0.443 e. The van der Waals surface area contributed by atoms with Gasteiger partial charge >= 0.3 is 0 Å². The zero-order valence-corrected chi connectivity index (χ0v) is 11.3. The van der Waals surface area contributed by atoms with Gasteiger partial charge in [0, 0.05) is 12.0 Å². The van der Waals surface area contributed by atoms with Crippen LogP contribution >= 0.6 is 0 Å². The standard InChI is InChI=1S/C12H22N4O/c1-6-10-15-8(2)9(17-10)7-14-11(13)16-12(3,4)5/h6-7H2,1-5H3,(H3,13,14,16). The van der Waals surface area contributed by atoms with Crippen LogP contribution < -0.4 is 11.1 Å². The van der Waals surface area contributed by atoms with Crippen LogP contribution in [0.25, 0.3) is 0 Å². The number of guanidine groups is 1. The molecule has 1 aromatic heterocycles. The summed E-state index contributed by atoms with van der Waals surface area (Å²) in [4.78, 5) is 8.52.